The van der Waals surface area contributed by atoms with Crippen LogP contribution in [0.15, 0.2) is 11.6 Å². The molecule has 25 nitrogen and oxygen atoms in total. The molecule has 0 aromatic carbocycles. The van der Waals surface area contributed by atoms with Crippen molar-refractivity contribution < 1.29 is 123 Å². The Hall–Kier alpha value is -3.06. The van der Waals surface area contributed by atoms with E-state index in [0.29, 0.717) is 51.4 Å². The molecule has 0 bridgehead atoms. The van der Waals surface area contributed by atoms with Crippen LogP contribution in [0.3, 0.4) is 0 Å². The van der Waals surface area contributed by atoms with E-state index in [1.807, 2.05) is 13.8 Å². The summed E-state index contributed by atoms with van der Waals surface area (Å²) in [6, 6.07) is 0. The molecule has 8 rings (SSSR count). The van der Waals surface area contributed by atoms with E-state index in [1.165, 1.54) is 5.57 Å². The molecule has 450 valence electrons. The molecular weight excluding hydrogens is 1050 g/mol. The minimum Gasteiger partial charge on any atom is -0.480 e. The highest BCUT2D eigenvalue weighted by molar-refractivity contribution is 5.79. The first kappa shape index (κ1) is 62.0. The van der Waals surface area contributed by atoms with Crippen LogP contribution in [0, 0.1) is 50.2 Å². The summed E-state index contributed by atoms with van der Waals surface area (Å²) in [6.07, 6.45) is -24.4. The van der Waals surface area contributed by atoms with Gasteiger partial charge in [-0.25, -0.2) is 14.4 Å². The monoisotopic (exact) mass is 1130 g/mol. The number of aliphatic hydroxyl groups is 10. The highest BCUT2D eigenvalue weighted by atomic mass is 16.8. The predicted octanol–water partition coefficient (Wildman–Crippen LogP) is -0.828. The molecule has 7 fully saturated rings. The standard InChI is InChI=1S/C54H84O25/c1-49(2)14-16-54(48(71)79-46-38(65)36(63)33(60)26(20-56)75-46)17-15-52(6)23(24(54)18-49)8-9-29-51(5)12-11-30(50(3,4)28(51)10-13-53(29,52)7)76-47-42(78-45-37(64)35(62)32(59)25(19-55)74-45)40(39(66)41(77-47)44(69)70)73-27(34(61)43(67)68)21-72-22-31(57)58/h8,24-30,32-42,45-47,55-56,59-66H,9-22H2,1-7H3,(H,57,58)(H,67,68)(H,69,70)/t24-,25+,26+,27-,28-,29+,30-,32+,33+,34?,35-,36-,37+,38+,39-,40-,41-,42+,45-,46-,47+,51-,52+,53+,54-/m0/s1. The Kier molecular flexibility index (Phi) is 17.9. The van der Waals surface area contributed by atoms with Crippen LogP contribution in [0.2, 0.25) is 0 Å². The summed E-state index contributed by atoms with van der Waals surface area (Å²) in [5.74, 6) is -5.83. The Morgan fingerprint density at radius 3 is 1.87 bits per heavy atom. The molecule has 25 atom stereocenters. The minimum absolute atomic E-state index is 0.0667. The predicted molar refractivity (Wildman–Crippen MR) is 265 cm³/mol. The van der Waals surface area contributed by atoms with E-state index >= 15 is 0 Å². The van der Waals surface area contributed by atoms with E-state index in [2.05, 4.69) is 40.7 Å². The van der Waals surface area contributed by atoms with Gasteiger partial charge in [0.15, 0.2) is 24.8 Å². The van der Waals surface area contributed by atoms with Gasteiger partial charge in [-0.3, -0.25) is 4.79 Å². The molecule has 0 radical (unpaired) electrons. The zero-order valence-corrected chi connectivity index (χ0v) is 45.8. The summed E-state index contributed by atoms with van der Waals surface area (Å²) in [4.78, 5) is 51.2. The van der Waals surface area contributed by atoms with Crippen molar-refractivity contribution in [1.29, 1.82) is 0 Å². The van der Waals surface area contributed by atoms with Gasteiger partial charge in [-0.05, 0) is 109 Å². The molecule has 3 saturated heterocycles. The van der Waals surface area contributed by atoms with Crippen LogP contribution < -0.4 is 0 Å². The number of carboxylic acids is 3. The van der Waals surface area contributed by atoms with Crippen molar-refractivity contribution in [3.63, 3.8) is 0 Å². The number of rotatable bonds is 17. The first-order valence-corrected chi connectivity index (χ1v) is 27.6. The Labute approximate surface area is 457 Å². The van der Waals surface area contributed by atoms with Crippen molar-refractivity contribution in [3.8, 4) is 0 Å². The number of aliphatic hydroxyl groups excluding tert-OH is 10. The third-order valence-electron chi connectivity index (χ3n) is 20.7. The highest BCUT2D eigenvalue weighted by Crippen LogP contribution is 2.76. The van der Waals surface area contributed by atoms with Gasteiger partial charge < -0.3 is 104 Å². The van der Waals surface area contributed by atoms with Gasteiger partial charge in [-0.1, -0.05) is 60.1 Å². The molecule has 0 amide bonds. The zero-order chi connectivity index (χ0) is 58.3. The minimum atomic E-state index is -2.45. The number of ether oxygens (including phenoxy) is 8. The van der Waals surface area contributed by atoms with Crippen LogP contribution in [-0.4, -0.2) is 227 Å². The highest BCUT2D eigenvalue weighted by Gasteiger charge is 2.70. The quantitative estimate of drug-likeness (QED) is 0.0480. The van der Waals surface area contributed by atoms with E-state index in [9.17, 15) is 85.6 Å². The molecule has 1 unspecified atom stereocenters. The molecule has 8 aliphatic rings. The van der Waals surface area contributed by atoms with Gasteiger partial charge in [-0.2, -0.15) is 0 Å². The van der Waals surface area contributed by atoms with Gasteiger partial charge in [0.1, 0.15) is 79.9 Å². The lowest BCUT2D eigenvalue weighted by molar-refractivity contribution is -0.381. The number of carboxylic acid groups (broad SMARTS) is 3. The summed E-state index contributed by atoms with van der Waals surface area (Å²) < 4.78 is 47.4. The molecule has 4 saturated carbocycles. The molecular formula is C54H84O25. The van der Waals surface area contributed by atoms with E-state index in [-0.39, 0.29) is 34.0 Å². The first-order valence-electron chi connectivity index (χ1n) is 27.6. The van der Waals surface area contributed by atoms with Crippen LogP contribution >= 0.6 is 0 Å². The second-order valence-corrected chi connectivity index (χ2v) is 25.8. The van der Waals surface area contributed by atoms with Crippen LogP contribution in [0.25, 0.3) is 0 Å². The SMILES string of the molecule is CC1(C)CC[C@]2(C(=O)O[C@@H]3O[C@H](CO)[C@@H](O)[C@H](O)[C@H]3O)CC[C@]3(C)C(=CC[C@@H]4[C@@]5(C)CC[C@H](O[C@@H]6O[C@H](C(=O)O)[C@@H](O)[C@H](O[C@@H](COCC(=O)O)C(O)C(=O)O)[C@H]6O[C@@H]6O[C@H](CO)[C@@H](O)[C@H](O)[C@H]6O)C(C)(C)[C@@H]5CC[C@]43C)[C@@H]2C1. The third-order valence-corrected chi connectivity index (χ3v) is 20.7. The first-order chi connectivity index (χ1) is 36.8. The van der Waals surface area contributed by atoms with Crippen molar-refractivity contribution in [3.05, 3.63) is 11.6 Å². The van der Waals surface area contributed by atoms with Gasteiger partial charge >= 0.3 is 23.9 Å². The number of hydrogen-bond acceptors (Lipinski definition) is 22. The Bertz CT molecular complexity index is 2260. The van der Waals surface area contributed by atoms with Crippen LogP contribution in [0.1, 0.15) is 113 Å². The van der Waals surface area contributed by atoms with Gasteiger partial charge in [0.05, 0.1) is 31.3 Å². The Morgan fingerprint density at radius 1 is 0.671 bits per heavy atom. The van der Waals surface area contributed by atoms with Crippen LogP contribution in [-0.2, 0) is 57.1 Å². The topological polar surface area (TPSA) is 405 Å². The molecule has 3 aliphatic heterocycles. The molecule has 0 spiro atoms. The molecule has 13 N–H and O–H groups in total. The van der Waals surface area contributed by atoms with Crippen molar-refractivity contribution in [2.24, 2.45) is 50.2 Å². The summed E-state index contributed by atoms with van der Waals surface area (Å²) in [5.41, 5.74) is -1.76. The summed E-state index contributed by atoms with van der Waals surface area (Å²) in [6.45, 7) is 11.9. The fourth-order valence-corrected chi connectivity index (χ4v) is 16.0. The number of carbonyl (C=O) groups is 4. The molecule has 0 aromatic heterocycles. The van der Waals surface area contributed by atoms with E-state index in [0.717, 1.165) is 12.8 Å². The average molecular weight is 1130 g/mol. The van der Waals surface area contributed by atoms with Gasteiger partial charge in [0, 0.05) is 0 Å². The van der Waals surface area contributed by atoms with Crippen molar-refractivity contribution in [1.82, 2.24) is 0 Å². The molecule has 5 aliphatic carbocycles. The second-order valence-electron chi connectivity index (χ2n) is 25.8. The number of esters is 1. The lowest BCUT2D eigenvalue weighted by Gasteiger charge is -2.71. The van der Waals surface area contributed by atoms with Gasteiger partial charge in [0.2, 0.25) is 6.29 Å². The second kappa shape index (κ2) is 22.8. The normalized spacial score (nSPS) is 47.2. The fraction of sp³-hybridized carbons (Fsp3) is 0.889. The fourth-order valence-electron chi connectivity index (χ4n) is 16.0. The average Bonchev–Trinajstić information content (AvgIpc) is 3.47. The number of allylic oxidation sites excluding steroid dienone is 2. The van der Waals surface area contributed by atoms with Crippen LogP contribution in [0.4, 0.5) is 0 Å². The van der Waals surface area contributed by atoms with Crippen LogP contribution in [0.5, 0.6) is 0 Å². The van der Waals surface area contributed by atoms with Crippen molar-refractivity contribution in [2.45, 2.75) is 223 Å². The van der Waals surface area contributed by atoms with E-state index in [1.54, 1.807) is 0 Å². The molecule has 3 heterocycles. The third kappa shape index (κ3) is 10.8. The van der Waals surface area contributed by atoms with Gasteiger partial charge in [0.25, 0.3) is 0 Å². The van der Waals surface area contributed by atoms with E-state index in [4.69, 9.17) is 37.9 Å². The number of hydrogen-bond donors (Lipinski definition) is 13. The maximum absolute atomic E-state index is 14.8. The Morgan fingerprint density at radius 2 is 1.28 bits per heavy atom. The Balaban J connectivity index is 1.09. The number of carbonyl (C=O) groups excluding carboxylic acids is 1. The smallest absolute Gasteiger partial charge is 0.335 e. The molecule has 0 aromatic rings. The molecule has 25 heteroatoms. The molecule has 79 heavy (non-hydrogen) atoms. The lowest BCUT2D eigenvalue weighted by Crippen LogP contribution is -2.68. The summed E-state index contributed by atoms with van der Waals surface area (Å²) in [5, 5.41) is 136. The lowest BCUT2D eigenvalue weighted by atomic mass is 9.33. The van der Waals surface area contributed by atoms with Crippen molar-refractivity contribution in [2.75, 3.05) is 26.4 Å². The summed E-state index contributed by atoms with van der Waals surface area (Å²) >= 11 is 0. The maximum atomic E-state index is 14.8. The van der Waals surface area contributed by atoms with Gasteiger partial charge in [-0.15, -0.1) is 0 Å². The number of fused-ring (bicyclic) bond motifs is 7. The number of aliphatic carboxylic acids is 3. The maximum Gasteiger partial charge on any atom is 0.335 e. The largest absolute Gasteiger partial charge is 0.480 e. The van der Waals surface area contributed by atoms with E-state index < -0.39 is 177 Å². The van der Waals surface area contributed by atoms with Crippen molar-refractivity contribution >= 4 is 23.9 Å². The summed E-state index contributed by atoms with van der Waals surface area (Å²) in [7, 11) is 0. The zero-order valence-electron chi connectivity index (χ0n) is 45.8.